The third-order valence-electron chi connectivity index (χ3n) is 10.9. The molecule has 0 saturated carbocycles. The summed E-state index contributed by atoms with van der Waals surface area (Å²) < 4.78 is 17.5. The van der Waals surface area contributed by atoms with Crippen molar-refractivity contribution in [1.29, 1.82) is 0 Å². The molecular weight excluding hydrogens is 747 g/mol. The summed E-state index contributed by atoms with van der Waals surface area (Å²) >= 11 is 0. The monoisotopic (exact) mass is 799 g/mol. The highest BCUT2D eigenvalue weighted by Crippen LogP contribution is 2.44. The summed E-state index contributed by atoms with van der Waals surface area (Å²) in [6.07, 6.45) is 3.74. The van der Waals surface area contributed by atoms with Gasteiger partial charge in [-0.15, -0.1) is 13.2 Å². The van der Waals surface area contributed by atoms with Crippen LogP contribution in [0.2, 0.25) is 0 Å². The topological polar surface area (TPSA) is 144 Å². The van der Waals surface area contributed by atoms with Crippen LogP contribution in [0.25, 0.3) is 11.1 Å². The van der Waals surface area contributed by atoms with Gasteiger partial charge in [-0.25, -0.2) is 9.59 Å². The number of aliphatic hydroxyl groups excluding tert-OH is 1. The molecule has 11 nitrogen and oxygen atoms in total. The average Bonchev–Trinajstić information content (AvgIpc) is 3.58. The van der Waals surface area contributed by atoms with Gasteiger partial charge < -0.3 is 34.9 Å². The molecule has 4 aromatic carbocycles. The summed E-state index contributed by atoms with van der Waals surface area (Å²) in [6, 6.07) is 31.2. The molecule has 6 rings (SSSR count). The number of hydrogen-bond donors (Lipinski definition) is 3. The van der Waals surface area contributed by atoms with Crippen molar-refractivity contribution >= 4 is 23.9 Å². The number of alkyl carbamates (subject to hydrolysis) is 1. The number of allylic oxidation sites excluding steroid dienone is 2. The normalized spacial score (nSPS) is 15.7. The highest BCUT2D eigenvalue weighted by atomic mass is 16.6. The number of hydrogen-bond acceptors (Lipinski definition) is 8. The molecule has 4 aromatic rings. The Morgan fingerprint density at radius 2 is 1.46 bits per heavy atom. The van der Waals surface area contributed by atoms with Crippen LogP contribution in [0.4, 0.5) is 4.79 Å². The van der Waals surface area contributed by atoms with Crippen LogP contribution in [0.1, 0.15) is 59.4 Å². The number of aliphatic hydroxyl groups is 1. The van der Waals surface area contributed by atoms with Crippen LogP contribution in [-0.2, 0) is 48.2 Å². The van der Waals surface area contributed by atoms with Crippen molar-refractivity contribution in [3.8, 4) is 11.1 Å². The lowest BCUT2D eigenvalue weighted by atomic mass is 9.92. The van der Waals surface area contributed by atoms with Gasteiger partial charge in [0, 0.05) is 18.9 Å². The van der Waals surface area contributed by atoms with Gasteiger partial charge in [0.15, 0.2) is 0 Å². The second-order valence-electron chi connectivity index (χ2n) is 15.0. The summed E-state index contributed by atoms with van der Waals surface area (Å²) in [5.41, 5.74) is 7.35. The molecular formula is C48H53N3O8. The molecule has 4 atom stereocenters. The SMILES string of the molecule is C=CCCC(NC(=O)OCC1c2ccccc2-c2ccccc21)C(=O)OCC(COCc1ccccc1)NC(=O)C(CC=C)CC(=O)N1Cc2ccccc2CC1CO. The van der Waals surface area contributed by atoms with Crippen LogP contribution < -0.4 is 10.6 Å². The van der Waals surface area contributed by atoms with Crippen LogP contribution in [0.15, 0.2) is 128 Å². The average molecular weight is 800 g/mol. The van der Waals surface area contributed by atoms with Crippen molar-refractivity contribution in [2.75, 3.05) is 26.4 Å². The molecule has 3 N–H and O–H groups in total. The minimum atomic E-state index is -1.05. The Balaban J connectivity index is 1.09. The third-order valence-corrected chi connectivity index (χ3v) is 10.9. The van der Waals surface area contributed by atoms with Crippen LogP contribution in [0.3, 0.4) is 0 Å². The number of fused-ring (bicyclic) bond motifs is 4. The fourth-order valence-corrected chi connectivity index (χ4v) is 7.80. The van der Waals surface area contributed by atoms with Gasteiger partial charge in [-0.3, -0.25) is 9.59 Å². The Hall–Kier alpha value is -6.04. The van der Waals surface area contributed by atoms with Crippen molar-refractivity contribution in [2.45, 2.75) is 69.3 Å². The van der Waals surface area contributed by atoms with Crippen LogP contribution in [0, 0.1) is 5.92 Å². The van der Waals surface area contributed by atoms with Gasteiger partial charge in [0.1, 0.15) is 19.3 Å². The van der Waals surface area contributed by atoms with E-state index in [2.05, 4.69) is 35.9 Å². The van der Waals surface area contributed by atoms with Gasteiger partial charge >= 0.3 is 12.1 Å². The molecule has 2 aliphatic rings. The highest BCUT2D eigenvalue weighted by molar-refractivity contribution is 5.87. The first kappa shape index (κ1) is 42.6. The third kappa shape index (κ3) is 11.1. The quantitative estimate of drug-likeness (QED) is 0.0668. The maximum absolute atomic E-state index is 13.9. The van der Waals surface area contributed by atoms with Crippen LogP contribution >= 0.6 is 0 Å². The Morgan fingerprint density at radius 3 is 2.14 bits per heavy atom. The van der Waals surface area contributed by atoms with Gasteiger partial charge in [-0.2, -0.15) is 0 Å². The number of amides is 3. The van der Waals surface area contributed by atoms with E-state index in [0.29, 0.717) is 19.4 Å². The Bertz CT molecular complexity index is 2040. The molecule has 1 heterocycles. The number of nitrogens with one attached hydrogen (secondary N) is 2. The van der Waals surface area contributed by atoms with E-state index >= 15 is 0 Å². The maximum atomic E-state index is 13.9. The van der Waals surface area contributed by atoms with Gasteiger partial charge in [0.05, 0.1) is 37.8 Å². The summed E-state index contributed by atoms with van der Waals surface area (Å²) in [6.45, 7) is 7.78. The van der Waals surface area contributed by atoms with Crippen molar-refractivity contribution in [3.05, 3.63) is 156 Å². The van der Waals surface area contributed by atoms with E-state index in [1.807, 2.05) is 91.0 Å². The molecule has 308 valence electrons. The fourth-order valence-electron chi connectivity index (χ4n) is 7.80. The smallest absolute Gasteiger partial charge is 0.407 e. The lowest BCUT2D eigenvalue weighted by molar-refractivity contribution is -0.148. The first-order valence-electron chi connectivity index (χ1n) is 20.2. The summed E-state index contributed by atoms with van der Waals surface area (Å²) in [5.74, 6) is -2.33. The zero-order valence-corrected chi connectivity index (χ0v) is 33.3. The Morgan fingerprint density at radius 1 is 0.797 bits per heavy atom. The first-order chi connectivity index (χ1) is 28.8. The highest BCUT2D eigenvalue weighted by Gasteiger charge is 2.34. The van der Waals surface area contributed by atoms with E-state index in [-0.39, 0.29) is 64.1 Å². The number of rotatable bonds is 20. The predicted octanol–water partition coefficient (Wildman–Crippen LogP) is 6.63. The Labute approximate surface area is 346 Å². The first-order valence-corrected chi connectivity index (χ1v) is 20.2. The van der Waals surface area contributed by atoms with E-state index in [9.17, 15) is 24.3 Å². The maximum Gasteiger partial charge on any atom is 0.407 e. The van der Waals surface area contributed by atoms with Crippen molar-refractivity contribution in [1.82, 2.24) is 15.5 Å². The number of benzene rings is 4. The van der Waals surface area contributed by atoms with Crippen molar-refractivity contribution < 1.29 is 38.5 Å². The number of carbonyl (C=O) groups is 4. The molecule has 1 aliphatic heterocycles. The fraction of sp³-hybridized carbons (Fsp3) is 0.333. The van der Waals surface area contributed by atoms with Gasteiger partial charge in [0.25, 0.3) is 0 Å². The summed E-state index contributed by atoms with van der Waals surface area (Å²) in [4.78, 5) is 56.1. The predicted molar refractivity (Wildman–Crippen MR) is 225 cm³/mol. The number of carbonyl (C=O) groups excluding carboxylic acids is 4. The van der Waals surface area contributed by atoms with Crippen molar-refractivity contribution in [2.24, 2.45) is 5.92 Å². The molecule has 11 heteroatoms. The van der Waals surface area contributed by atoms with Gasteiger partial charge in [-0.1, -0.05) is 115 Å². The minimum Gasteiger partial charge on any atom is -0.462 e. The van der Waals surface area contributed by atoms with Gasteiger partial charge in [0.2, 0.25) is 11.8 Å². The number of ether oxygens (including phenoxy) is 3. The molecule has 0 aromatic heterocycles. The number of esters is 1. The molecule has 59 heavy (non-hydrogen) atoms. The Kier molecular flexibility index (Phi) is 15.2. The summed E-state index contributed by atoms with van der Waals surface area (Å²) in [5, 5.41) is 15.8. The molecule has 0 fully saturated rings. The lowest BCUT2D eigenvalue weighted by Crippen LogP contribution is -2.49. The minimum absolute atomic E-state index is 0.00467. The molecule has 0 saturated heterocycles. The molecule has 1 aliphatic carbocycles. The van der Waals surface area contributed by atoms with Gasteiger partial charge in [-0.05, 0) is 64.6 Å². The molecule has 0 spiro atoms. The molecule has 0 radical (unpaired) electrons. The van der Waals surface area contributed by atoms with E-state index in [1.165, 1.54) is 0 Å². The zero-order valence-electron chi connectivity index (χ0n) is 33.3. The molecule has 4 unspecified atom stereocenters. The largest absolute Gasteiger partial charge is 0.462 e. The van der Waals surface area contributed by atoms with E-state index in [1.54, 1.807) is 17.1 Å². The summed E-state index contributed by atoms with van der Waals surface area (Å²) in [7, 11) is 0. The van der Waals surface area contributed by atoms with E-state index < -0.39 is 42.0 Å². The second kappa shape index (κ2) is 21.1. The van der Waals surface area contributed by atoms with Crippen LogP contribution in [-0.4, -0.2) is 78.4 Å². The second-order valence-corrected chi connectivity index (χ2v) is 15.0. The van der Waals surface area contributed by atoms with Crippen molar-refractivity contribution in [3.63, 3.8) is 0 Å². The zero-order chi connectivity index (χ0) is 41.6. The van der Waals surface area contributed by atoms with E-state index in [4.69, 9.17) is 14.2 Å². The van der Waals surface area contributed by atoms with Crippen LogP contribution in [0.5, 0.6) is 0 Å². The number of nitrogens with zero attached hydrogens (tertiary/aromatic N) is 1. The van der Waals surface area contributed by atoms with E-state index in [0.717, 1.165) is 38.9 Å². The lowest BCUT2D eigenvalue weighted by Gasteiger charge is -2.36. The molecule has 3 amide bonds. The standard InChI is InChI=1S/C48H53N3O8/c1-3-5-24-44(50-48(56)59-32-43-41-22-13-11-20-39(41)40-21-12-14-23-42(40)43)47(55)58-31-37(30-57-29-33-16-7-6-8-17-33)49-46(54)35(15-4-2)26-45(53)51-27-36-19-10-9-18-34(36)25-38(51)28-52/h3-4,6-14,16-23,35,37-38,43-44,52H,1-2,5,15,24-32H2,(H,49,54)(H,50,56). The molecule has 0 bridgehead atoms.